The van der Waals surface area contributed by atoms with Crippen LogP contribution >= 0.6 is 0 Å². The first-order chi connectivity index (χ1) is 17.2. The number of hydrogen-bond donors (Lipinski definition) is 1. The van der Waals surface area contributed by atoms with E-state index in [2.05, 4.69) is 0 Å². The van der Waals surface area contributed by atoms with Gasteiger partial charge in [-0.15, -0.1) is 0 Å². The lowest BCUT2D eigenvalue weighted by Crippen LogP contribution is -2.68. The maximum atomic E-state index is 11.6. The molecule has 6 nitrogen and oxygen atoms in total. The zero-order valence-electron chi connectivity index (χ0n) is 19.9. The summed E-state index contributed by atoms with van der Waals surface area (Å²) in [5.41, 5.74) is 2.96. The second-order valence-corrected chi connectivity index (χ2v) is 9.01. The molecule has 2 aliphatic rings. The van der Waals surface area contributed by atoms with E-state index in [4.69, 9.17) is 23.7 Å². The van der Waals surface area contributed by atoms with Crippen LogP contribution in [0.2, 0.25) is 0 Å². The molecule has 184 valence electrons. The third kappa shape index (κ3) is 5.48. The predicted octanol–water partition coefficient (Wildman–Crippen LogP) is 4.77. The third-order valence-electron chi connectivity index (χ3n) is 6.62. The van der Waals surface area contributed by atoms with Gasteiger partial charge in [0.2, 0.25) is 0 Å². The van der Waals surface area contributed by atoms with Gasteiger partial charge in [0, 0.05) is 12.0 Å². The largest absolute Gasteiger partial charge is 0.368 e. The van der Waals surface area contributed by atoms with Gasteiger partial charge in [-0.05, 0) is 11.1 Å². The average Bonchev–Trinajstić information content (AvgIpc) is 2.92. The maximum Gasteiger partial charge on any atom is 0.195 e. The standard InChI is InChI=1S/C29H32O6/c1-2-29(30)27(32-19-22-14-8-4-9-15-22)26(31-18-21-12-6-3-7-13-21)25-24(35-29)20-33-28(34-25)23-16-10-5-11-17-23/h3-17,24-28,30H,2,18-20H2,1H3/t24-,25-,26+,27+,28?,29+/m1/s1. The van der Waals surface area contributed by atoms with Crippen molar-refractivity contribution in [1.82, 2.24) is 0 Å². The Hall–Kier alpha value is -2.58. The van der Waals surface area contributed by atoms with Crippen molar-refractivity contribution in [3.05, 3.63) is 108 Å². The number of fused-ring (bicyclic) bond motifs is 1. The highest BCUT2D eigenvalue weighted by Gasteiger charge is 2.57. The van der Waals surface area contributed by atoms with E-state index in [9.17, 15) is 5.11 Å². The second kappa shape index (κ2) is 11.0. The fraction of sp³-hybridized carbons (Fsp3) is 0.379. The quantitative estimate of drug-likeness (QED) is 0.505. The van der Waals surface area contributed by atoms with Crippen LogP contribution in [0.25, 0.3) is 0 Å². The van der Waals surface area contributed by atoms with E-state index < -0.39 is 36.5 Å². The zero-order valence-corrected chi connectivity index (χ0v) is 19.9. The highest BCUT2D eigenvalue weighted by Crippen LogP contribution is 2.41. The van der Waals surface area contributed by atoms with Gasteiger partial charge in [0.05, 0.1) is 19.8 Å². The zero-order chi connectivity index (χ0) is 24.1. The van der Waals surface area contributed by atoms with Gasteiger partial charge in [0.1, 0.15) is 24.4 Å². The Bertz CT molecular complexity index is 1050. The lowest BCUT2D eigenvalue weighted by molar-refractivity contribution is -0.403. The minimum Gasteiger partial charge on any atom is -0.368 e. The molecule has 0 amide bonds. The van der Waals surface area contributed by atoms with Crippen LogP contribution in [0.3, 0.4) is 0 Å². The summed E-state index contributed by atoms with van der Waals surface area (Å²) in [6.07, 6.45) is -2.51. The molecule has 2 aliphatic heterocycles. The van der Waals surface area contributed by atoms with E-state index in [1.54, 1.807) is 0 Å². The summed E-state index contributed by atoms with van der Waals surface area (Å²) in [5.74, 6) is -1.54. The second-order valence-electron chi connectivity index (χ2n) is 9.01. The summed E-state index contributed by atoms with van der Waals surface area (Å²) >= 11 is 0. The van der Waals surface area contributed by atoms with Gasteiger partial charge >= 0.3 is 0 Å². The molecular weight excluding hydrogens is 444 g/mol. The van der Waals surface area contributed by atoms with E-state index in [-0.39, 0.29) is 6.61 Å². The van der Waals surface area contributed by atoms with E-state index in [0.717, 1.165) is 16.7 Å². The Balaban J connectivity index is 1.42. The van der Waals surface area contributed by atoms with Crippen LogP contribution < -0.4 is 0 Å². The van der Waals surface area contributed by atoms with Gasteiger partial charge in [-0.25, -0.2) is 0 Å². The van der Waals surface area contributed by atoms with E-state index in [1.165, 1.54) is 0 Å². The molecule has 6 heteroatoms. The normalized spacial score (nSPS) is 30.5. The number of aliphatic hydroxyl groups is 1. The summed E-state index contributed by atoms with van der Waals surface area (Å²) in [7, 11) is 0. The minimum absolute atomic E-state index is 0.281. The van der Waals surface area contributed by atoms with Gasteiger partial charge in [-0.2, -0.15) is 0 Å². The molecule has 2 saturated heterocycles. The SMILES string of the molecule is CC[C@]1(O)O[C@@H]2COC(c3ccccc3)O[C@H]2[C@H](OCc2ccccc2)[C@@H]1OCc1ccccc1. The Morgan fingerprint density at radius 2 is 1.40 bits per heavy atom. The van der Waals surface area contributed by atoms with Crippen molar-refractivity contribution in [2.75, 3.05) is 6.61 Å². The van der Waals surface area contributed by atoms with Crippen molar-refractivity contribution >= 4 is 0 Å². The van der Waals surface area contributed by atoms with Crippen LogP contribution in [-0.2, 0) is 36.9 Å². The van der Waals surface area contributed by atoms with Crippen LogP contribution in [0.1, 0.15) is 36.3 Å². The number of ether oxygens (including phenoxy) is 5. The summed E-state index contributed by atoms with van der Waals surface area (Å²) in [5, 5.41) is 11.6. The molecule has 2 fully saturated rings. The minimum atomic E-state index is -1.54. The Morgan fingerprint density at radius 3 is 2.00 bits per heavy atom. The molecule has 0 radical (unpaired) electrons. The molecule has 0 aromatic heterocycles. The summed E-state index contributed by atoms with van der Waals surface area (Å²) in [6, 6.07) is 29.7. The Kier molecular flexibility index (Phi) is 7.58. The van der Waals surface area contributed by atoms with Crippen LogP contribution in [0.5, 0.6) is 0 Å². The maximum absolute atomic E-state index is 11.6. The van der Waals surface area contributed by atoms with E-state index in [1.807, 2.05) is 97.9 Å². The molecule has 3 aromatic rings. The molecule has 0 spiro atoms. The molecule has 1 unspecified atom stereocenters. The molecule has 3 aromatic carbocycles. The molecule has 35 heavy (non-hydrogen) atoms. The van der Waals surface area contributed by atoms with E-state index >= 15 is 0 Å². The lowest BCUT2D eigenvalue weighted by atomic mass is 9.89. The topological polar surface area (TPSA) is 66.4 Å². The monoisotopic (exact) mass is 476 g/mol. The first kappa shape index (κ1) is 24.1. The van der Waals surface area contributed by atoms with Gasteiger partial charge < -0.3 is 28.8 Å². The van der Waals surface area contributed by atoms with Gasteiger partial charge in [-0.1, -0.05) is 97.9 Å². The molecule has 0 bridgehead atoms. The van der Waals surface area contributed by atoms with Crippen LogP contribution in [0.15, 0.2) is 91.0 Å². The fourth-order valence-corrected chi connectivity index (χ4v) is 4.70. The van der Waals surface area contributed by atoms with Gasteiger partial charge in [0.25, 0.3) is 0 Å². The number of hydrogen-bond acceptors (Lipinski definition) is 6. The molecule has 5 rings (SSSR count). The van der Waals surface area contributed by atoms with Crippen molar-refractivity contribution in [1.29, 1.82) is 0 Å². The Labute approximate surface area is 206 Å². The van der Waals surface area contributed by atoms with Gasteiger partial charge in [0.15, 0.2) is 12.1 Å². The molecule has 0 saturated carbocycles. The number of rotatable bonds is 8. The molecule has 2 heterocycles. The first-order valence-electron chi connectivity index (χ1n) is 12.2. The first-order valence-corrected chi connectivity index (χ1v) is 12.2. The predicted molar refractivity (Wildman–Crippen MR) is 130 cm³/mol. The van der Waals surface area contributed by atoms with Crippen molar-refractivity contribution < 1.29 is 28.8 Å². The number of benzene rings is 3. The Morgan fingerprint density at radius 1 is 0.829 bits per heavy atom. The summed E-state index contributed by atoms with van der Waals surface area (Å²) < 4.78 is 31.4. The van der Waals surface area contributed by atoms with Crippen molar-refractivity contribution in [2.45, 2.75) is 63.1 Å². The van der Waals surface area contributed by atoms with Crippen molar-refractivity contribution in [3.8, 4) is 0 Å². The van der Waals surface area contributed by atoms with Gasteiger partial charge in [-0.3, -0.25) is 0 Å². The molecule has 6 atom stereocenters. The summed E-state index contributed by atoms with van der Waals surface area (Å²) in [6.45, 7) is 2.84. The van der Waals surface area contributed by atoms with Crippen LogP contribution in [0, 0.1) is 0 Å². The molecule has 0 aliphatic carbocycles. The highest BCUT2D eigenvalue weighted by molar-refractivity contribution is 5.18. The molecular formula is C29H32O6. The van der Waals surface area contributed by atoms with Crippen LogP contribution in [-0.4, -0.2) is 41.9 Å². The fourth-order valence-electron chi connectivity index (χ4n) is 4.70. The van der Waals surface area contributed by atoms with Crippen molar-refractivity contribution in [3.63, 3.8) is 0 Å². The third-order valence-corrected chi connectivity index (χ3v) is 6.62. The van der Waals surface area contributed by atoms with Crippen LogP contribution in [0.4, 0.5) is 0 Å². The summed E-state index contributed by atoms with van der Waals surface area (Å²) in [4.78, 5) is 0. The van der Waals surface area contributed by atoms with Crippen molar-refractivity contribution in [2.24, 2.45) is 0 Å². The highest BCUT2D eigenvalue weighted by atomic mass is 16.7. The molecule has 1 N–H and O–H groups in total. The smallest absolute Gasteiger partial charge is 0.195 e. The lowest BCUT2D eigenvalue weighted by Gasteiger charge is -2.52. The van der Waals surface area contributed by atoms with E-state index in [0.29, 0.717) is 19.6 Å². The average molecular weight is 477 g/mol.